The van der Waals surface area contributed by atoms with Crippen LogP contribution in [0.15, 0.2) is 0 Å². The smallest absolute Gasteiger partial charge is 0.0743 e. The van der Waals surface area contributed by atoms with Gasteiger partial charge in [-0.2, -0.15) is 0 Å². The molecule has 0 saturated heterocycles. The highest BCUT2D eigenvalue weighted by Gasteiger charge is 2.04. The van der Waals surface area contributed by atoms with Gasteiger partial charge in [0, 0.05) is 0 Å². The summed E-state index contributed by atoms with van der Waals surface area (Å²) in [6, 6.07) is 0. The number of hydrogen-bond donors (Lipinski definition) is 0. The van der Waals surface area contributed by atoms with Crippen LogP contribution in [0.4, 0.5) is 0 Å². The molecule has 0 aromatic rings. The fourth-order valence-corrected chi connectivity index (χ4v) is 0. The SMILES string of the molecule is BrC(Br)C(Br)Br.CC. The van der Waals surface area contributed by atoms with E-state index >= 15 is 0 Å². The predicted octanol–water partition coefficient (Wildman–Crippen LogP) is 4.24. The van der Waals surface area contributed by atoms with Crippen molar-refractivity contribution < 1.29 is 0 Å². The molecule has 0 aromatic heterocycles. The third kappa shape index (κ3) is 10.8. The van der Waals surface area contributed by atoms with Crippen molar-refractivity contribution in [1.29, 1.82) is 0 Å². The van der Waals surface area contributed by atoms with Gasteiger partial charge in [0.05, 0.1) is 7.47 Å². The lowest BCUT2D eigenvalue weighted by atomic mass is 11.0. The van der Waals surface area contributed by atoms with Gasteiger partial charge in [-0.05, 0) is 0 Å². The lowest BCUT2D eigenvalue weighted by Gasteiger charge is -1.96. The highest BCUT2D eigenvalue weighted by atomic mass is 79.9. The van der Waals surface area contributed by atoms with Crippen molar-refractivity contribution in [2.24, 2.45) is 0 Å². The Balaban J connectivity index is 0. The van der Waals surface area contributed by atoms with Gasteiger partial charge in [0.1, 0.15) is 0 Å². The van der Waals surface area contributed by atoms with Crippen molar-refractivity contribution in [3.8, 4) is 0 Å². The molecule has 0 N–H and O–H groups in total. The van der Waals surface area contributed by atoms with Gasteiger partial charge in [-0.15, -0.1) is 0 Å². The van der Waals surface area contributed by atoms with Gasteiger partial charge in [0.25, 0.3) is 0 Å². The van der Waals surface area contributed by atoms with E-state index in [1.807, 2.05) is 13.8 Å². The van der Waals surface area contributed by atoms with Gasteiger partial charge in [0.15, 0.2) is 0 Å². The second-order valence-electron chi connectivity index (χ2n) is 0.669. The first-order valence-electron chi connectivity index (χ1n) is 2.21. The highest BCUT2D eigenvalue weighted by Crippen LogP contribution is 2.24. The van der Waals surface area contributed by atoms with Crippen LogP contribution >= 0.6 is 63.7 Å². The van der Waals surface area contributed by atoms with Gasteiger partial charge >= 0.3 is 0 Å². The zero-order valence-electron chi connectivity index (χ0n) is 4.67. The molecule has 0 heterocycles. The Morgan fingerprint density at radius 1 is 0.750 bits per heavy atom. The zero-order chi connectivity index (χ0) is 7.15. The Bertz CT molecular complexity index is 29.0. The second-order valence-corrected chi connectivity index (χ2v) is 7.07. The average molecular weight is 376 g/mol. The predicted molar refractivity (Wildman–Crippen MR) is 54.6 cm³/mol. The molecule has 0 amide bonds. The molecule has 0 unspecified atom stereocenters. The Hall–Kier alpha value is 1.92. The fraction of sp³-hybridized carbons (Fsp3) is 1.00. The van der Waals surface area contributed by atoms with Gasteiger partial charge < -0.3 is 0 Å². The van der Waals surface area contributed by atoms with Gasteiger partial charge in [-0.3, -0.25) is 0 Å². The molecule has 0 spiro atoms. The van der Waals surface area contributed by atoms with E-state index in [2.05, 4.69) is 63.7 Å². The Kier molecular flexibility index (Phi) is 14.0. The minimum atomic E-state index is 0.310. The summed E-state index contributed by atoms with van der Waals surface area (Å²) in [6.45, 7) is 4.00. The second kappa shape index (κ2) is 8.92. The Labute approximate surface area is 84.3 Å². The molecule has 0 aliphatic rings. The van der Waals surface area contributed by atoms with Crippen LogP contribution in [0.3, 0.4) is 0 Å². The van der Waals surface area contributed by atoms with Gasteiger partial charge in [-0.25, -0.2) is 0 Å². The fourth-order valence-electron chi connectivity index (χ4n) is 0. The molecule has 0 bridgehead atoms. The lowest BCUT2D eigenvalue weighted by Crippen LogP contribution is -1.93. The molecular formula is C4H8Br4. The number of hydrogen-bond acceptors (Lipinski definition) is 0. The highest BCUT2D eigenvalue weighted by molar-refractivity contribution is 9.29. The van der Waals surface area contributed by atoms with E-state index in [1.165, 1.54) is 0 Å². The third-order valence-corrected chi connectivity index (χ3v) is 5.14. The van der Waals surface area contributed by atoms with Crippen molar-refractivity contribution in [2.75, 3.05) is 0 Å². The molecule has 0 aromatic carbocycles. The maximum absolute atomic E-state index is 3.26. The Morgan fingerprint density at radius 2 is 0.875 bits per heavy atom. The summed E-state index contributed by atoms with van der Waals surface area (Å²) in [5.74, 6) is 0. The third-order valence-electron chi connectivity index (χ3n) is 0.190. The van der Waals surface area contributed by atoms with Crippen molar-refractivity contribution >= 4 is 63.7 Å². The van der Waals surface area contributed by atoms with Crippen molar-refractivity contribution in [3.63, 3.8) is 0 Å². The zero-order valence-corrected chi connectivity index (χ0v) is 11.0. The first-order valence-corrected chi connectivity index (χ1v) is 5.87. The maximum atomic E-state index is 3.26. The molecule has 0 atom stereocenters. The summed E-state index contributed by atoms with van der Waals surface area (Å²) in [6.07, 6.45) is 0. The summed E-state index contributed by atoms with van der Waals surface area (Å²) in [7, 11) is 0. The number of rotatable bonds is 1. The number of alkyl halides is 4. The van der Waals surface area contributed by atoms with Crippen LogP contribution in [0.25, 0.3) is 0 Å². The van der Waals surface area contributed by atoms with E-state index in [-0.39, 0.29) is 0 Å². The minimum Gasteiger partial charge on any atom is -0.0743 e. The topological polar surface area (TPSA) is 0 Å². The van der Waals surface area contributed by atoms with Gasteiger partial charge in [-0.1, -0.05) is 77.6 Å². The summed E-state index contributed by atoms with van der Waals surface area (Å²) in [5.41, 5.74) is 0. The van der Waals surface area contributed by atoms with E-state index in [1.54, 1.807) is 0 Å². The molecule has 8 heavy (non-hydrogen) atoms. The molecule has 0 rings (SSSR count). The van der Waals surface area contributed by atoms with Crippen LogP contribution in [0.1, 0.15) is 13.8 Å². The quantitative estimate of drug-likeness (QED) is 0.601. The molecule has 4 heteroatoms. The van der Waals surface area contributed by atoms with Crippen molar-refractivity contribution in [3.05, 3.63) is 0 Å². The molecule has 0 fully saturated rings. The van der Waals surface area contributed by atoms with E-state index in [0.29, 0.717) is 7.47 Å². The molecule has 0 nitrogen and oxygen atoms in total. The summed E-state index contributed by atoms with van der Waals surface area (Å²) < 4.78 is 0.620. The lowest BCUT2D eigenvalue weighted by molar-refractivity contribution is 1.46. The number of halogens is 4. The van der Waals surface area contributed by atoms with E-state index in [9.17, 15) is 0 Å². The molecule has 0 saturated carbocycles. The van der Waals surface area contributed by atoms with Crippen molar-refractivity contribution in [1.82, 2.24) is 0 Å². The summed E-state index contributed by atoms with van der Waals surface area (Å²) in [5, 5.41) is 0. The van der Waals surface area contributed by atoms with Crippen LogP contribution in [0.5, 0.6) is 0 Å². The standard InChI is InChI=1S/C2H2Br4.C2H6/c3-1(4)2(5)6;1-2/h1-2H;1-2H3. The molecule has 0 aliphatic heterocycles. The average Bonchev–Trinajstić information content (AvgIpc) is 1.72. The van der Waals surface area contributed by atoms with E-state index in [0.717, 1.165) is 0 Å². The maximum Gasteiger partial charge on any atom is 0.0920 e. The van der Waals surface area contributed by atoms with E-state index < -0.39 is 0 Å². The van der Waals surface area contributed by atoms with Gasteiger partial charge in [0.2, 0.25) is 0 Å². The summed E-state index contributed by atoms with van der Waals surface area (Å²) in [4.78, 5) is 0. The molecule has 52 valence electrons. The van der Waals surface area contributed by atoms with Crippen LogP contribution in [0, 0.1) is 0 Å². The molecule has 0 aliphatic carbocycles. The van der Waals surface area contributed by atoms with E-state index in [4.69, 9.17) is 0 Å². The monoisotopic (exact) mass is 372 g/mol. The Morgan fingerprint density at radius 3 is 0.875 bits per heavy atom. The summed E-state index contributed by atoms with van der Waals surface area (Å²) >= 11 is 13.0. The van der Waals surface area contributed by atoms with Crippen LogP contribution < -0.4 is 0 Å². The van der Waals surface area contributed by atoms with Crippen LogP contribution in [0.2, 0.25) is 0 Å². The molecular weight excluding hydrogens is 368 g/mol. The largest absolute Gasteiger partial charge is 0.0920 e. The molecule has 0 radical (unpaired) electrons. The normalized spacial score (nSPS) is 9.00. The first kappa shape index (κ1) is 12.6. The minimum absolute atomic E-state index is 0.310. The van der Waals surface area contributed by atoms with Crippen molar-refractivity contribution in [2.45, 2.75) is 21.3 Å². The van der Waals surface area contributed by atoms with Crippen LogP contribution in [-0.4, -0.2) is 7.47 Å². The first-order chi connectivity index (χ1) is 3.64. The van der Waals surface area contributed by atoms with Crippen LogP contribution in [-0.2, 0) is 0 Å².